The molecule has 5 nitrogen and oxygen atoms in total. The molecular weight excluding hydrogens is 500 g/mol. The molecule has 6 heteroatoms. The second kappa shape index (κ2) is 15.7. The largest absolute Gasteiger partial charge is 0.399 e. The minimum Gasteiger partial charge on any atom is -0.399 e. The number of oxime groups is 1. The molecule has 0 amide bonds. The Morgan fingerprint density at radius 2 is 1.87 bits per heavy atom. The van der Waals surface area contributed by atoms with E-state index in [0.717, 1.165) is 59.3 Å². The van der Waals surface area contributed by atoms with Gasteiger partial charge in [0.1, 0.15) is 12.8 Å². The minimum absolute atomic E-state index is 0.376. The highest BCUT2D eigenvalue weighted by Crippen LogP contribution is 2.27. The summed E-state index contributed by atoms with van der Waals surface area (Å²) in [5.41, 5.74) is 7.15. The van der Waals surface area contributed by atoms with E-state index in [1.54, 1.807) is 18.4 Å². The molecule has 0 spiro atoms. The normalized spacial score (nSPS) is 12.4. The van der Waals surface area contributed by atoms with Crippen molar-refractivity contribution in [3.05, 3.63) is 107 Å². The van der Waals surface area contributed by atoms with E-state index in [2.05, 4.69) is 72.0 Å². The monoisotopic (exact) mass is 542 g/mol. The zero-order valence-electron chi connectivity index (χ0n) is 23.8. The Bertz CT molecular complexity index is 1240. The third kappa shape index (κ3) is 9.56. The van der Waals surface area contributed by atoms with Gasteiger partial charge in [-0.25, -0.2) is 4.98 Å². The Morgan fingerprint density at radius 1 is 1.13 bits per heavy atom. The molecule has 1 atom stereocenters. The Morgan fingerprint density at radius 3 is 2.54 bits per heavy atom. The third-order valence-electron chi connectivity index (χ3n) is 6.48. The molecule has 0 fully saturated rings. The highest BCUT2D eigenvalue weighted by molar-refractivity contribution is 7.13. The first-order valence-corrected chi connectivity index (χ1v) is 14.5. The molecule has 1 N–H and O–H groups in total. The van der Waals surface area contributed by atoms with Crippen molar-refractivity contribution < 1.29 is 4.84 Å². The molecule has 0 saturated heterocycles. The maximum atomic E-state index is 5.08. The number of unbranched alkanes of at least 4 members (excludes halogenated alkanes) is 1. The maximum Gasteiger partial charge on any atom is 0.186 e. The van der Waals surface area contributed by atoms with Gasteiger partial charge >= 0.3 is 0 Å². The van der Waals surface area contributed by atoms with Crippen LogP contribution in [0.15, 0.2) is 89.9 Å². The van der Waals surface area contributed by atoms with Crippen LogP contribution in [0.3, 0.4) is 0 Å². The number of allylic oxidation sites excluding steroid dienone is 1. The van der Waals surface area contributed by atoms with Gasteiger partial charge in [-0.05, 0) is 50.0 Å². The minimum atomic E-state index is 0.376. The number of anilines is 1. The molecule has 0 radical (unpaired) electrons. The first kappa shape index (κ1) is 29.9. The molecule has 3 aromatic rings. The van der Waals surface area contributed by atoms with Crippen LogP contribution in [0.1, 0.15) is 68.8 Å². The van der Waals surface area contributed by atoms with Crippen LogP contribution in [0.5, 0.6) is 0 Å². The van der Waals surface area contributed by atoms with E-state index in [1.807, 2.05) is 49.4 Å². The van der Waals surface area contributed by atoms with E-state index in [1.165, 1.54) is 24.0 Å². The van der Waals surface area contributed by atoms with Gasteiger partial charge in [0.05, 0.1) is 5.69 Å². The number of hydrogen-bond donors (Lipinski definition) is 1. The molecule has 39 heavy (non-hydrogen) atoms. The molecule has 0 saturated carbocycles. The van der Waals surface area contributed by atoms with Crippen LogP contribution in [0.2, 0.25) is 0 Å². The number of nitrogens with zero attached hydrogens (tertiary/aromatic N) is 3. The van der Waals surface area contributed by atoms with Gasteiger partial charge in [-0.2, -0.15) is 0 Å². The zero-order valence-corrected chi connectivity index (χ0v) is 24.6. The summed E-state index contributed by atoms with van der Waals surface area (Å²) >= 11 is 1.68. The van der Waals surface area contributed by atoms with E-state index in [9.17, 15) is 0 Å². The third-order valence-corrected chi connectivity index (χ3v) is 7.38. The number of thiazole rings is 1. The van der Waals surface area contributed by atoms with Crippen molar-refractivity contribution >= 4 is 34.0 Å². The average molecular weight is 543 g/mol. The van der Waals surface area contributed by atoms with Crippen molar-refractivity contribution in [3.8, 4) is 0 Å². The van der Waals surface area contributed by atoms with E-state index in [-0.39, 0.29) is 0 Å². The summed E-state index contributed by atoms with van der Waals surface area (Å²) in [6, 6.07) is 19.1. The fourth-order valence-electron chi connectivity index (χ4n) is 4.14. The molecule has 1 aromatic heterocycles. The predicted molar refractivity (Wildman–Crippen MR) is 169 cm³/mol. The summed E-state index contributed by atoms with van der Waals surface area (Å²) in [4.78, 5) is 12.5. The summed E-state index contributed by atoms with van der Waals surface area (Å²) in [5, 5.41) is 10.7. The molecule has 0 aliphatic heterocycles. The first-order chi connectivity index (χ1) is 18.9. The fraction of sp³-hybridized carbons (Fsp3) is 0.333. The SMILES string of the molecule is C=C(C)CCNC(=C)c1ccc(CN(c2nc(/C=C/C(=N\OC)c3ccccc3)cs2)C(C)CCCC)cc1. The van der Waals surface area contributed by atoms with Gasteiger partial charge in [0.2, 0.25) is 0 Å². The summed E-state index contributed by atoms with van der Waals surface area (Å²) in [5.74, 6) is 0. The molecule has 2 aromatic carbocycles. The van der Waals surface area contributed by atoms with Crippen LogP contribution in [-0.2, 0) is 11.4 Å². The molecule has 206 valence electrons. The predicted octanol–water partition coefficient (Wildman–Crippen LogP) is 8.32. The first-order valence-electron chi connectivity index (χ1n) is 13.6. The van der Waals surface area contributed by atoms with Gasteiger partial charge in [-0.15, -0.1) is 17.9 Å². The topological polar surface area (TPSA) is 49.8 Å². The van der Waals surface area contributed by atoms with Crippen molar-refractivity contribution in [1.29, 1.82) is 0 Å². The summed E-state index contributed by atoms with van der Waals surface area (Å²) in [6.07, 6.45) is 8.40. The Labute approximate surface area is 238 Å². The van der Waals surface area contributed by atoms with Crippen molar-refractivity contribution in [2.75, 3.05) is 18.6 Å². The van der Waals surface area contributed by atoms with Crippen molar-refractivity contribution in [2.45, 2.75) is 59.0 Å². The lowest BCUT2D eigenvalue weighted by atomic mass is 10.1. The van der Waals surface area contributed by atoms with Crippen molar-refractivity contribution in [2.24, 2.45) is 5.16 Å². The Kier molecular flexibility index (Phi) is 12.0. The maximum absolute atomic E-state index is 5.08. The smallest absolute Gasteiger partial charge is 0.186 e. The summed E-state index contributed by atoms with van der Waals surface area (Å²) in [7, 11) is 1.57. The van der Waals surface area contributed by atoms with Crippen LogP contribution < -0.4 is 10.2 Å². The standard InChI is InChI=1S/C33H42N4OS/c1-7-8-12-26(4)37(23-28-15-17-29(18-16-28)27(5)34-22-21-25(2)3)33-35-31(24-39-33)19-20-32(36-38-6)30-13-10-9-11-14-30/h9-11,13-20,24,26,34H,2,5,7-8,12,21-23H2,1,3-4,6H3/b20-19+,36-32+. The Hall–Kier alpha value is -3.64. The molecule has 0 aliphatic rings. The number of hydrogen-bond acceptors (Lipinski definition) is 6. The lowest BCUT2D eigenvalue weighted by Crippen LogP contribution is -2.32. The quantitative estimate of drug-likeness (QED) is 0.112. The molecule has 3 rings (SSSR count). The van der Waals surface area contributed by atoms with Crippen LogP contribution >= 0.6 is 11.3 Å². The second-order valence-electron chi connectivity index (χ2n) is 9.84. The average Bonchev–Trinajstić information content (AvgIpc) is 3.41. The lowest BCUT2D eigenvalue weighted by molar-refractivity contribution is 0.214. The molecular formula is C33H42N4OS. The van der Waals surface area contributed by atoms with Crippen molar-refractivity contribution in [3.63, 3.8) is 0 Å². The van der Waals surface area contributed by atoms with Gasteiger partial charge in [-0.1, -0.05) is 91.7 Å². The summed E-state index contributed by atoms with van der Waals surface area (Å²) in [6.45, 7) is 16.4. The van der Waals surface area contributed by atoms with Gasteiger partial charge in [0.15, 0.2) is 5.13 Å². The van der Waals surface area contributed by atoms with Crippen LogP contribution in [0, 0.1) is 0 Å². The number of nitrogens with one attached hydrogen (secondary N) is 1. The van der Waals surface area contributed by atoms with E-state index >= 15 is 0 Å². The van der Waals surface area contributed by atoms with Crippen molar-refractivity contribution in [1.82, 2.24) is 10.3 Å². The molecule has 0 bridgehead atoms. The van der Waals surface area contributed by atoms with E-state index in [0.29, 0.717) is 6.04 Å². The molecule has 1 unspecified atom stereocenters. The lowest BCUT2D eigenvalue weighted by Gasteiger charge is -2.29. The van der Waals surface area contributed by atoms with Gasteiger partial charge in [-0.3, -0.25) is 0 Å². The highest BCUT2D eigenvalue weighted by Gasteiger charge is 2.18. The highest BCUT2D eigenvalue weighted by atomic mass is 32.1. The number of benzene rings is 2. The summed E-state index contributed by atoms with van der Waals surface area (Å²) < 4.78 is 0. The van der Waals surface area contributed by atoms with Crippen LogP contribution in [0.4, 0.5) is 5.13 Å². The second-order valence-corrected chi connectivity index (χ2v) is 10.7. The van der Waals surface area contributed by atoms with Gasteiger partial charge in [0, 0.05) is 35.8 Å². The molecule has 0 aliphatic carbocycles. The number of rotatable bonds is 16. The van der Waals surface area contributed by atoms with Gasteiger partial charge in [0.25, 0.3) is 0 Å². The molecule has 1 heterocycles. The van der Waals surface area contributed by atoms with E-state index < -0.39 is 0 Å². The van der Waals surface area contributed by atoms with Crippen LogP contribution in [0.25, 0.3) is 11.8 Å². The van der Waals surface area contributed by atoms with E-state index in [4.69, 9.17) is 9.82 Å². The zero-order chi connectivity index (χ0) is 28.0. The van der Waals surface area contributed by atoms with Gasteiger partial charge < -0.3 is 15.1 Å². The van der Waals surface area contributed by atoms with Crippen LogP contribution in [-0.4, -0.2) is 30.4 Å². The number of aromatic nitrogens is 1. The fourth-order valence-corrected chi connectivity index (χ4v) is 5.04. The Balaban J connectivity index is 1.75.